The van der Waals surface area contributed by atoms with Crippen molar-refractivity contribution in [2.75, 3.05) is 13.1 Å². The second-order valence-corrected chi connectivity index (χ2v) is 6.06. The molecule has 2 rings (SSSR count). The fourth-order valence-electron chi connectivity index (χ4n) is 2.53. The van der Waals surface area contributed by atoms with E-state index in [4.69, 9.17) is 0 Å². The molecule has 1 atom stereocenters. The molecule has 4 nitrogen and oxygen atoms in total. The Kier molecular flexibility index (Phi) is 3.99. The average molecular weight is 263 g/mol. The Morgan fingerprint density at radius 1 is 1.47 bits per heavy atom. The van der Waals surface area contributed by atoms with Crippen molar-refractivity contribution in [1.29, 1.82) is 0 Å². The van der Waals surface area contributed by atoms with E-state index < -0.39 is 0 Å². The molecule has 0 saturated heterocycles. The van der Waals surface area contributed by atoms with Crippen LogP contribution in [0.5, 0.6) is 0 Å². The minimum Gasteiger partial charge on any atom is -0.350 e. The van der Waals surface area contributed by atoms with E-state index in [1.807, 2.05) is 0 Å². The van der Waals surface area contributed by atoms with Gasteiger partial charge in [-0.2, -0.15) is 0 Å². The van der Waals surface area contributed by atoms with E-state index in [9.17, 15) is 4.79 Å². The molecule has 1 amide bonds. The number of fused-ring (bicyclic) bond motifs is 1. The summed E-state index contributed by atoms with van der Waals surface area (Å²) in [6.45, 7) is 10.8. The molecule has 1 aromatic heterocycles. The van der Waals surface area contributed by atoms with Crippen LogP contribution in [-0.4, -0.2) is 34.0 Å². The maximum atomic E-state index is 12.1. The monoisotopic (exact) mass is 263 g/mol. The second kappa shape index (κ2) is 5.37. The first-order chi connectivity index (χ1) is 8.93. The molecule has 19 heavy (non-hydrogen) atoms. The smallest absolute Gasteiger partial charge is 0.234 e. The fraction of sp³-hybridized carbons (Fsp3) is 0.667. The van der Waals surface area contributed by atoms with Gasteiger partial charge in [0.2, 0.25) is 5.91 Å². The van der Waals surface area contributed by atoms with Crippen LogP contribution in [0.4, 0.5) is 0 Å². The molecule has 0 aliphatic carbocycles. The minimum absolute atomic E-state index is 0.115. The summed E-state index contributed by atoms with van der Waals surface area (Å²) in [5.41, 5.74) is 1.19. The summed E-state index contributed by atoms with van der Waals surface area (Å²) >= 11 is 0. The van der Waals surface area contributed by atoms with Crippen LogP contribution < -0.4 is 5.32 Å². The number of rotatable bonds is 4. The Balaban J connectivity index is 1.96. The van der Waals surface area contributed by atoms with Crippen molar-refractivity contribution in [2.45, 2.75) is 52.2 Å². The fourth-order valence-corrected chi connectivity index (χ4v) is 2.53. The average Bonchev–Trinajstić information content (AvgIpc) is 2.81. The molecule has 0 saturated carbocycles. The lowest BCUT2D eigenvalue weighted by Crippen LogP contribution is -2.49. The molecule has 2 heterocycles. The van der Waals surface area contributed by atoms with Gasteiger partial charge in [0.1, 0.15) is 0 Å². The molecule has 0 radical (unpaired) electrons. The van der Waals surface area contributed by atoms with Gasteiger partial charge in [0.25, 0.3) is 0 Å². The van der Waals surface area contributed by atoms with Crippen LogP contribution in [0.3, 0.4) is 0 Å². The van der Waals surface area contributed by atoms with E-state index in [0.29, 0.717) is 12.6 Å². The minimum atomic E-state index is -0.115. The summed E-state index contributed by atoms with van der Waals surface area (Å²) in [5.74, 6) is 0.124. The van der Waals surface area contributed by atoms with Crippen LogP contribution in [0.2, 0.25) is 0 Å². The topological polar surface area (TPSA) is 37.3 Å². The number of hydrogen-bond acceptors (Lipinski definition) is 2. The quantitative estimate of drug-likeness (QED) is 0.904. The molecule has 1 unspecified atom stereocenters. The zero-order valence-corrected chi connectivity index (χ0v) is 12.4. The van der Waals surface area contributed by atoms with Crippen LogP contribution in [-0.2, 0) is 11.3 Å². The van der Waals surface area contributed by atoms with Crippen LogP contribution in [0, 0.1) is 0 Å². The summed E-state index contributed by atoms with van der Waals surface area (Å²) in [5, 5.41) is 3.10. The number of carbonyl (C=O) groups is 1. The molecule has 0 aromatic carbocycles. The van der Waals surface area contributed by atoms with E-state index in [0.717, 1.165) is 19.5 Å². The number of nitrogens with one attached hydrogen (secondary N) is 1. The molecular formula is C15H25N3O. The van der Waals surface area contributed by atoms with Gasteiger partial charge in [-0.15, -0.1) is 0 Å². The summed E-state index contributed by atoms with van der Waals surface area (Å²) < 4.78 is 2.27. The maximum Gasteiger partial charge on any atom is 0.234 e. The Hall–Kier alpha value is -1.29. The number of aromatic nitrogens is 1. The molecule has 4 heteroatoms. The molecule has 0 fully saturated rings. The van der Waals surface area contributed by atoms with E-state index in [1.54, 1.807) is 0 Å². The first kappa shape index (κ1) is 14.1. The van der Waals surface area contributed by atoms with Crippen LogP contribution in [0.25, 0.3) is 0 Å². The predicted molar refractivity (Wildman–Crippen MR) is 76.9 cm³/mol. The highest BCUT2D eigenvalue weighted by Crippen LogP contribution is 2.24. The maximum absolute atomic E-state index is 12.1. The summed E-state index contributed by atoms with van der Waals surface area (Å²) in [6.07, 6.45) is 3.06. The highest BCUT2D eigenvalue weighted by Gasteiger charge is 2.26. The third kappa shape index (κ3) is 3.18. The summed E-state index contributed by atoms with van der Waals surface area (Å²) in [4.78, 5) is 14.4. The number of nitrogens with zero attached hydrogens (tertiary/aromatic N) is 2. The van der Waals surface area contributed by atoms with Crippen LogP contribution in [0.15, 0.2) is 18.3 Å². The van der Waals surface area contributed by atoms with Crippen molar-refractivity contribution in [3.63, 3.8) is 0 Å². The van der Waals surface area contributed by atoms with Gasteiger partial charge < -0.3 is 9.88 Å². The Morgan fingerprint density at radius 3 is 2.89 bits per heavy atom. The standard InChI is InChI=1S/C15H25N3O/c1-5-15(3,4)16-14(19)11-18-10-9-17-8-6-7-13(17)12(18)2/h6-8,12H,5,9-11H2,1-4H3,(H,16,19). The molecule has 0 bridgehead atoms. The lowest BCUT2D eigenvalue weighted by molar-refractivity contribution is -0.124. The van der Waals surface area contributed by atoms with Gasteiger partial charge in [-0.1, -0.05) is 6.92 Å². The molecular weight excluding hydrogens is 238 g/mol. The van der Waals surface area contributed by atoms with E-state index in [-0.39, 0.29) is 11.4 Å². The predicted octanol–water partition coefficient (Wildman–Crippen LogP) is 2.17. The Labute approximate surface area is 115 Å². The van der Waals surface area contributed by atoms with Crippen molar-refractivity contribution in [3.8, 4) is 0 Å². The zero-order valence-electron chi connectivity index (χ0n) is 12.4. The van der Waals surface area contributed by atoms with Gasteiger partial charge in [0.15, 0.2) is 0 Å². The summed E-state index contributed by atoms with van der Waals surface area (Å²) in [7, 11) is 0. The van der Waals surface area contributed by atoms with Crippen LogP contribution in [0.1, 0.15) is 45.9 Å². The lowest BCUT2D eigenvalue weighted by Gasteiger charge is -2.35. The highest BCUT2D eigenvalue weighted by atomic mass is 16.2. The van der Waals surface area contributed by atoms with E-state index >= 15 is 0 Å². The molecule has 0 spiro atoms. The SMILES string of the molecule is CCC(C)(C)NC(=O)CN1CCn2cccc2C1C. The normalized spacial score (nSPS) is 20.1. The molecule has 1 aromatic rings. The largest absolute Gasteiger partial charge is 0.350 e. The van der Waals surface area contributed by atoms with Gasteiger partial charge in [-0.3, -0.25) is 9.69 Å². The van der Waals surface area contributed by atoms with Gasteiger partial charge in [-0.25, -0.2) is 0 Å². The third-order valence-electron chi connectivity index (χ3n) is 4.18. The molecule has 1 aliphatic heterocycles. The molecule has 1 aliphatic rings. The van der Waals surface area contributed by atoms with Crippen molar-refractivity contribution >= 4 is 5.91 Å². The Bertz CT molecular complexity index is 450. The van der Waals surface area contributed by atoms with Crippen molar-refractivity contribution in [1.82, 2.24) is 14.8 Å². The van der Waals surface area contributed by atoms with E-state index in [1.165, 1.54) is 5.69 Å². The molecule has 106 valence electrons. The molecule has 1 N–H and O–H groups in total. The van der Waals surface area contributed by atoms with E-state index in [2.05, 4.69) is 60.8 Å². The lowest BCUT2D eigenvalue weighted by atomic mass is 10.0. The van der Waals surface area contributed by atoms with Gasteiger partial charge in [0.05, 0.1) is 6.54 Å². The van der Waals surface area contributed by atoms with Gasteiger partial charge >= 0.3 is 0 Å². The third-order valence-corrected chi connectivity index (χ3v) is 4.18. The number of amides is 1. The first-order valence-corrected chi connectivity index (χ1v) is 7.13. The highest BCUT2D eigenvalue weighted by molar-refractivity contribution is 5.78. The zero-order chi connectivity index (χ0) is 14.0. The van der Waals surface area contributed by atoms with Crippen LogP contribution >= 0.6 is 0 Å². The van der Waals surface area contributed by atoms with Gasteiger partial charge in [-0.05, 0) is 39.3 Å². The van der Waals surface area contributed by atoms with Crippen molar-refractivity contribution in [3.05, 3.63) is 24.0 Å². The number of carbonyl (C=O) groups excluding carboxylic acids is 1. The Morgan fingerprint density at radius 2 is 2.21 bits per heavy atom. The van der Waals surface area contributed by atoms with Gasteiger partial charge in [0, 0.05) is 36.6 Å². The number of hydrogen-bond donors (Lipinski definition) is 1. The first-order valence-electron chi connectivity index (χ1n) is 7.13. The summed E-state index contributed by atoms with van der Waals surface area (Å²) in [6, 6.07) is 4.53. The second-order valence-electron chi connectivity index (χ2n) is 6.06. The van der Waals surface area contributed by atoms with Crippen molar-refractivity contribution in [2.24, 2.45) is 0 Å². The van der Waals surface area contributed by atoms with Crippen molar-refractivity contribution < 1.29 is 4.79 Å².